The molecule has 1 aliphatic heterocycles. The maximum atomic E-state index is 11.8. The van der Waals surface area contributed by atoms with Gasteiger partial charge in [-0.05, 0) is 36.2 Å². The summed E-state index contributed by atoms with van der Waals surface area (Å²) in [7, 11) is 1.84. The lowest BCUT2D eigenvalue weighted by Crippen LogP contribution is -2.25. The number of carbonyl (C=O) groups excluding carboxylic acids is 1. The summed E-state index contributed by atoms with van der Waals surface area (Å²) in [5, 5.41) is 4.40. The predicted molar refractivity (Wildman–Crippen MR) is 60.7 cm³/mol. The molecular formula is C10H14BrN3O. The largest absolute Gasteiger partial charge is 0.344 e. The molecule has 0 aromatic carbocycles. The van der Waals surface area contributed by atoms with Crippen LogP contribution in [0.5, 0.6) is 0 Å². The molecule has 1 atom stereocenters. The van der Waals surface area contributed by atoms with E-state index in [9.17, 15) is 4.79 Å². The SMILES string of the molecule is Cc1nn(C2CCN(C)C2=O)c(C)c1Br. The van der Waals surface area contributed by atoms with Crippen molar-refractivity contribution in [1.29, 1.82) is 0 Å². The Morgan fingerprint density at radius 3 is 2.53 bits per heavy atom. The van der Waals surface area contributed by atoms with Gasteiger partial charge in [-0.1, -0.05) is 0 Å². The first-order chi connectivity index (χ1) is 7.02. The predicted octanol–water partition coefficient (Wildman–Crippen LogP) is 1.67. The molecule has 0 saturated carbocycles. The Labute approximate surface area is 97.4 Å². The minimum Gasteiger partial charge on any atom is -0.344 e. The van der Waals surface area contributed by atoms with E-state index in [0.717, 1.165) is 28.8 Å². The fraction of sp³-hybridized carbons (Fsp3) is 0.600. The van der Waals surface area contributed by atoms with Gasteiger partial charge in [0.15, 0.2) is 0 Å². The third-order valence-corrected chi connectivity index (χ3v) is 4.08. The van der Waals surface area contributed by atoms with Crippen molar-refractivity contribution >= 4 is 21.8 Å². The minimum atomic E-state index is -0.111. The van der Waals surface area contributed by atoms with Gasteiger partial charge < -0.3 is 4.90 Å². The van der Waals surface area contributed by atoms with Crippen molar-refractivity contribution in [2.45, 2.75) is 26.3 Å². The van der Waals surface area contributed by atoms with Gasteiger partial charge in [-0.25, -0.2) is 0 Å². The van der Waals surface area contributed by atoms with Crippen LogP contribution in [-0.2, 0) is 4.79 Å². The first kappa shape index (κ1) is 10.7. The number of likely N-dealkylation sites (tertiary alicyclic amines) is 1. The van der Waals surface area contributed by atoms with E-state index in [2.05, 4.69) is 21.0 Å². The van der Waals surface area contributed by atoms with Gasteiger partial charge in [-0.3, -0.25) is 9.48 Å². The molecular weight excluding hydrogens is 258 g/mol. The highest BCUT2D eigenvalue weighted by Gasteiger charge is 2.32. The number of carbonyl (C=O) groups is 1. The summed E-state index contributed by atoms with van der Waals surface area (Å²) in [6.45, 7) is 4.74. The van der Waals surface area contributed by atoms with Crippen LogP contribution in [-0.4, -0.2) is 34.2 Å². The molecule has 0 radical (unpaired) electrons. The number of nitrogens with zero attached hydrogens (tertiary/aromatic N) is 3. The van der Waals surface area contributed by atoms with Crippen LogP contribution in [0, 0.1) is 13.8 Å². The molecule has 2 heterocycles. The fourth-order valence-corrected chi connectivity index (χ4v) is 2.24. The summed E-state index contributed by atoms with van der Waals surface area (Å²) >= 11 is 3.47. The summed E-state index contributed by atoms with van der Waals surface area (Å²) in [6.07, 6.45) is 0.851. The zero-order valence-corrected chi connectivity index (χ0v) is 10.7. The summed E-state index contributed by atoms with van der Waals surface area (Å²) in [5.41, 5.74) is 1.97. The van der Waals surface area contributed by atoms with E-state index in [0.29, 0.717) is 0 Å². The summed E-state index contributed by atoms with van der Waals surface area (Å²) < 4.78 is 2.84. The van der Waals surface area contributed by atoms with Gasteiger partial charge in [0.1, 0.15) is 6.04 Å². The van der Waals surface area contributed by atoms with Crippen LogP contribution in [0.25, 0.3) is 0 Å². The highest BCUT2D eigenvalue weighted by molar-refractivity contribution is 9.10. The highest BCUT2D eigenvalue weighted by atomic mass is 79.9. The zero-order valence-electron chi connectivity index (χ0n) is 9.12. The standard InChI is InChI=1S/C10H14BrN3O/c1-6-9(11)7(2)14(12-6)8-4-5-13(3)10(8)15/h8H,4-5H2,1-3H3. The number of halogens is 1. The maximum Gasteiger partial charge on any atom is 0.247 e. The second kappa shape index (κ2) is 3.63. The lowest BCUT2D eigenvalue weighted by Gasteiger charge is -2.12. The normalized spacial score (nSPS) is 21.5. The Hall–Kier alpha value is -0.840. The monoisotopic (exact) mass is 271 g/mol. The van der Waals surface area contributed by atoms with Crippen molar-refractivity contribution in [1.82, 2.24) is 14.7 Å². The number of aromatic nitrogens is 2. The van der Waals surface area contributed by atoms with Gasteiger partial charge in [0.25, 0.3) is 0 Å². The van der Waals surface area contributed by atoms with E-state index < -0.39 is 0 Å². The molecule has 0 bridgehead atoms. The van der Waals surface area contributed by atoms with E-state index >= 15 is 0 Å². The number of hydrogen-bond acceptors (Lipinski definition) is 2. The van der Waals surface area contributed by atoms with E-state index in [1.165, 1.54) is 0 Å². The molecule has 1 saturated heterocycles. The van der Waals surface area contributed by atoms with Crippen molar-refractivity contribution in [3.05, 3.63) is 15.9 Å². The quantitative estimate of drug-likeness (QED) is 0.780. The van der Waals surface area contributed by atoms with Crippen molar-refractivity contribution < 1.29 is 4.79 Å². The van der Waals surface area contributed by atoms with Crippen LogP contribution < -0.4 is 0 Å². The average Bonchev–Trinajstić information content (AvgIpc) is 2.64. The Kier molecular flexibility index (Phi) is 2.58. The lowest BCUT2D eigenvalue weighted by molar-refractivity contribution is -0.129. The van der Waals surface area contributed by atoms with Gasteiger partial charge in [-0.2, -0.15) is 5.10 Å². The van der Waals surface area contributed by atoms with Crippen LogP contribution in [0.2, 0.25) is 0 Å². The summed E-state index contributed by atoms with van der Waals surface area (Å²) in [4.78, 5) is 13.6. The number of aryl methyl sites for hydroxylation is 1. The molecule has 1 aromatic rings. The molecule has 1 aliphatic rings. The van der Waals surface area contributed by atoms with Crippen LogP contribution in [0.4, 0.5) is 0 Å². The molecule has 5 heteroatoms. The first-order valence-electron chi connectivity index (χ1n) is 4.98. The molecule has 1 unspecified atom stereocenters. The average molecular weight is 272 g/mol. The molecule has 0 aliphatic carbocycles. The lowest BCUT2D eigenvalue weighted by atomic mass is 10.2. The van der Waals surface area contributed by atoms with Gasteiger partial charge in [0.05, 0.1) is 15.9 Å². The molecule has 15 heavy (non-hydrogen) atoms. The van der Waals surface area contributed by atoms with Crippen molar-refractivity contribution in [3.8, 4) is 0 Å². The van der Waals surface area contributed by atoms with E-state index in [-0.39, 0.29) is 11.9 Å². The van der Waals surface area contributed by atoms with E-state index in [1.54, 1.807) is 4.90 Å². The number of amides is 1. The number of rotatable bonds is 1. The molecule has 1 fully saturated rings. The zero-order chi connectivity index (χ0) is 11.2. The molecule has 4 nitrogen and oxygen atoms in total. The van der Waals surface area contributed by atoms with Gasteiger partial charge in [0.2, 0.25) is 5.91 Å². The Bertz CT molecular complexity index is 413. The van der Waals surface area contributed by atoms with Crippen LogP contribution in [0.1, 0.15) is 23.9 Å². The minimum absolute atomic E-state index is 0.111. The number of hydrogen-bond donors (Lipinski definition) is 0. The Morgan fingerprint density at radius 2 is 2.13 bits per heavy atom. The number of likely N-dealkylation sites (N-methyl/N-ethyl adjacent to an activating group) is 1. The van der Waals surface area contributed by atoms with Gasteiger partial charge >= 0.3 is 0 Å². The Morgan fingerprint density at radius 1 is 1.47 bits per heavy atom. The third kappa shape index (κ3) is 1.58. The smallest absolute Gasteiger partial charge is 0.247 e. The molecule has 0 N–H and O–H groups in total. The van der Waals surface area contributed by atoms with Crippen molar-refractivity contribution in [3.63, 3.8) is 0 Å². The van der Waals surface area contributed by atoms with Crippen LogP contribution in [0.15, 0.2) is 4.47 Å². The van der Waals surface area contributed by atoms with Crippen molar-refractivity contribution in [2.24, 2.45) is 0 Å². The first-order valence-corrected chi connectivity index (χ1v) is 5.78. The maximum absolute atomic E-state index is 11.8. The molecule has 82 valence electrons. The van der Waals surface area contributed by atoms with Gasteiger partial charge in [-0.15, -0.1) is 0 Å². The topological polar surface area (TPSA) is 38.1 Å². The van der Waals surface area contributed by atoms with Crippen LogP contribution >= 0.6 is 15.9 Å². The second-order valence-corrected chi connectivity index (χ2v) is 4.79. The Balaban J connectivity index is 2.38. The third-order valence-electron chi connectivity index (χ3n) is 2.93. The fourth-order valence-electron chi connectivity index (χ4n) is 1.98. The van der Waals surface area contributed by atoms with Crippen LogP contribution in [0.3, 0.4) is 0 Å². The van der Waals surface area contributed by atoms with Crippen molar-refractivity contribution in [2.75, 3.05) is 13.6 Å². The molecule has 2 rings (SSSR count). The van der Waals surface area contributed by atoms with E-state index in [4.69, 9.17) is 0 Å². The molecule has 1 aromatic heterocycles. The second-order valence-electron chi connectivity index (χ2n) is 3.99. The van der Waals surface area contributed by atoms with Gasteiger partial charge in [0, 0.05) is 13.6 Å². The molecule has 1 amide bonds. The summed E-state index contributed by atoms with van der Waals surface area (Å²) in [5.74, 6) is 0.160. The van der Waals surface area contributed by atoms with E-state index in [1.807, 2.05) is 25.6 Å². The highest BCUT2D eigenvalue weighted by Crippen LogP contribution is 2.27. The summed E-state index contributed by atoms with van der Waals surface area (Å²) in [6, 6.07) is -0.111. The molecule has 0 spiro atoms.